The number of aromatic nitrogens is 2. The Balaban J connectivity index is 1.80. The van der Waals surface area contributed by atoms with Crippen LogP contribution in [0.15, 0.2) is 72.9 Å². The number of pyridine rings is 1. The SMILES string of the molecule is CC(C)(C)Nc1c(-c2cccc(F)c2)nc2c(OCc3ccccc3)cccn12. The molecule has 0 aliphatic heterocycles. The quantitative estimate of drug-likeness (QED) is 0.460. The Hall–Kier alpha value is -3.34. The third kappa shape index (κ3) is 4.24. The predicted molar refractivity (Wildman–Crippen MR) is 115 cm³/mol. The minimum atomic E-state index is -0.290. The van der Waals surface area contributed by atoms with Gasteiger partial charge in [-0.25, -0.2) is 9.37 Å². The van der Waals surface area contributed by atoms with Crippen molar-refractivity contribution in [3.63, 3.8) is 0 Å². The highest BCUT2D eigenvalue weighted by atomic mass is 19.1. The molecule has 0 amide bonds. The highest BCUT2D eigenvalue weighted by molar-refractivity contribution is 5.78. The maximum atomic E-state index is 13.9. The van der Waals surface area contributed by atoms with Gasteiger partial charge in [0.15, 0.2) is 11.4 Å². The standard InChI is InChI=1S/C24H24FN3O/c1-24(2,3)27-23-21(18-11-7-12-19(25)15-18)26-22-20(13-8-14-28(22)23)29-16-17-9-5-4-6-10-17/h4-15,27H,16H2,1-3H3. The third-order valence-electron chi connectivity index (χ3n) is 4.44. The van der Waals surface area contributed by atoms with E-state index in [-0.39, 0.29) is 11.4 Å². The lowest BCUT2D eigenvalue weighted by atomic mass is 10.1. The molecule has 0 saturated carbocycles. The number of hydrogen-bond acceptors (Lipinski definition) is 3. The van der Waals surface area contributed by atoms with Crippen molar-refractivity contribution in [2.24, 2.45) is 0 Å². The highest BCUT2D eigenvalue weighted by Crippen LogP contribution is 2.34. The van der Waals surface area contributed by atoms with Crippen LogP contribution in [0.25, 0.3) is 16.9 Å². The van der Waals surface area contributed by atoms with Crippen LogP contribution in [0, 0.1) is 5.82 Å². The van der Waals surface area contributed by atoms with Gasteiger partial charge in [0.05, 0.1) is 0 Å². The van der Waals surface area contributed by atoms with Crippen LogP contribution in [0.3, 0.4) is 0 Å². The Labute approximate surface area is 170 Å². The van der Waals surface area contributed by atoms with Crippen LogP contribution in [0.5, 0.6) is 5.75 Å². The number of anilines is 1. The van der Waals surface area contributed by atoms with Crippen molar-refractivity contribution < 1.29 is 9.13 Å². The summed E-state index contributed by atoms with van der Waals surface area (Å²) in [6.07, 6.45) is 1.94. The molecule has 4 rings (SSSR count). The number of fused-ring (bicyclic) bond motifs is 1. The van der Waals surface area contributed by atoms with Crippen molar-refractivity contribution in [3.05, 3.63) is 84.3 Å². The topological polar surface area (TPSA) is 38.6 Å². The highest BCUT2D eigenvalue weighted by Gasteiger charge is 2.21. The summed E-state index contributed by atoms with van der Waals surface area (Å²) >= 11 is 0. The van der Waals surface area contributed by atoms with Gasteiger partial charge in [0.2, 0.25) is 0 Å². The zero-order valence-electron chi connectivity index (χ0n) is 16.8. The lowest BCUT2D eigenvalue weighted by Gasteiger charge is -2.22. The first-order chi connectivity index (χ1) is 13.9. The van der Waals surface area contributed by atoms with Crippen LogP contribution in [0.2, 0.25) is 0 Å². The average Bonchev–Trinajstić information content (AvgIpc) is 3.05. The molecule has 4 aromatic rings. The van der Waals surface area contributed by atoms with Crippen molar-refractivity contribution in [1.82, 2.24) is 9.38 Å². The van der Waals surface area contributed by atoms with Crippen LogP contribution in [0.1, 0.15) is 26.3 Å². The molecule has 0 fully saturated rings. The summed E-state index contributed by atoms with van der Waals surface area (Å²) in [7, 11) is 0. The normalized spacial score (nSPS) is 11.6. The molecule has 29 heavy (non-hydrogen) atoms. The van der Waals surface area contributed by atoms with E-state index in [2.05, 4.69) is 26.1 Å². The fourth-order valence-corrected chi connectivity index (χ4v) is 3.20. The molecular weight excluding hydrogens is 365 g/mol. The number of benzene rings is 2. The number of nitrogens with zero attached hydrogens (tertiary/aromatic N) is 2. The molecule has 2 heterocycles. The minimum Gasteiger partial charge on any atom is -0.485 e. The van der Waals surface area contributed by atoms with E-state index in [1.807, 2.05) is 59.1 Å². The Morgan fingerprint density at radius 3 is 2.52 bits per heavy atom. The van der Waals surface area contributed by atoms with Crippen molar-refractivity contribution in [1.29, 1.82) is 0 Å². The first kappa shape index (κ1) is 19.0. The molecular formula is C24H24FN3O. The van der Waals surface area contributed by atoms with Gasteiger partial charge in [-0.05, 0) is 50.6 Å². The fourth-order valence-electron chi connectivity index (χ4n) is 3.20. The zero-order chi connectivity index (χ0) is 20.4. The second kappa shape index (κ2) is 7.59. The molecule has 0 spiro atoms. The maximum Gasteiger partial charge on any atom is 0.181 e. The summed E-state index contributed by atoms with van der Waals surface area (Å²) < 4.78 is 21.9. The molecule has 0 unspecified atom stereocenters. The number of nitrogens with one attached hydrogen (secondary N) is 1. The van der Waals surface area contributed by atoms with E-state index < -0.39 is 0 Å². The molecule has 0 bridgehead atoms. The number of imidazole rings is 1. The lowest BCUT2D eigenvalue weighted by molar-refractivity contribution is 0.308. The van der Waals surface area contributed by atoms with Crippen molar-refractivity contribution in [2.45, 2.75) is 32.9 Å². The van der Waals surface area contributed by atoms with E-state index >= 15 is 0 Å². The van der Waals surface area contributed by atoms with Gasteiger partial charge >= 0.3 is 0 Å². The number of ether oxygens (including phenoxy) is 1. The van der Waals surface area contributed by atoms with Gasteiger partial charge in [-0.1, -0.05) is 42.5 Å². The molecule has 2 aromatic carbocycles. The van der Waals surface area contributed by atoms with Gasteiger partial charge in [0.25, 0.3) is 0 Å². The molecule has 4 nitrogen and oxygen atoms in total. The minimum absolute atomic E-state index is 0.195. The summed E-state index contributed by atoms with van der Waals surface area (Å²) in [5.74, 6) is 1.20. The molecule has 1 N–H and O–H groups in total. The van der Waals surface area contributed by atoms with E-state index in [9.17, 15) is 4.39 Å². The second-order valence-electron chi connectivity index (χ2n) is 8.03. The largest absolute Gasteiger partial charge is 0.485 e. The molecule has 0 atom stereocenters. The Bertz CT molecular complexity index is 1130. The molecule has 0 aliphatic rings. The number of hydrogen-bond donors (Lipinski definition) is 1. The fraction of sp³-hybridized carbons (Fsp3) is 0.208. The Kier molecular flexibility index (Phi) is 4.97. The van der Waals surface area contributed by atoms with Gasteiger partial charge in [-0.3, -0.25) is 4.40 Å². The van der Waals surface area contributed by atoms with Crippen molar-refractivity contribution in [2.75, 3.05) is 5.32 Å². The Morgan fingerprint density at radius 2 is 1.79 bits per heavy atom. The van der Waals surface area contributed by atoms with Crippen LogP contribution in [-0.2, 0) is 6.61 Å². The van der Waals surface area contributed by atoms with Gasteiger partial charge in [0, 0.05) is 17.3 Å². The van der Waals surface area contributed by atoms with Crippen LogP contribution < -0.4 is 10.1 Å². The van der Waals surface area contributed by atoms with Crippen LogP contribution >= 0.6 is 0 Å². The lowest BCUT2D eigenvalue weighted by Crippen LogP contribution is -2.27. The molecule has 0 aliphatic carbocycles. The average molecular weight is 389 g/mol. The summed E-state index contributed by atoms with van der Waals surface area (Å²) in [5.41, 5.74) is 2.98. The van der Waals surface area contributed by atoms with Gasteiger partial charge < -0.3 is 10.1 Å². The summed E-state index contributed by atoms with van der Waals surface area (Å²) in [5, 5.41) is 3.51. The van der Waals surface area contributed by atoms with Crippen molar-refractivity contribution >= 4 is 11.5 Å². The van der Waals surface area contributed by atoms with E-state index in [0.717, 1.165) is 16.9 Å². The molecule has 0 radical (unpaired) electrons. The maximum absolute atomic E-state index is 13.9. The zero-order valence-corrected chi connectivity index (χ0v) is 16.8. The van der Waals surface area contributed by atoms with E-state index in [1.54, 1.807) is 6.07 Å². The van der Waals surface area contributed by atoms with Gasteiger partial charge in [-0.15, -0.1) is 0 Å². The summed E-state index contributed by atoms with van der Waals surface area (Å²) in [4.78, 5) is 4.83. The van der Waals surface area contributed by atoms with Gasteiger partial charge in [-0.2, -0.15) is 0 Å². The van der Waals surface area contributed by atoms with E-state index in [1.165, 1.54) is 12.1 Å². The molecule has 5 heteroatoms. The van der Waals surface area contributed by atoms with Crippen molar-refractivity contribution in [3.8, 4) is 17.0 Å². The number of rotatable bonds is 5. The molecule has 148 valence electrons. The van der Waals surface area contributed by atoms with Gasteiger partial charge in [0.1, 0.15) is 23.9 Å². The molecule has 0 saturated heterocycles. The van der Waals surface area contributed by atoms with E-state index in [4.69, 9.17) is 9.72 Å². The monoisotopic (exact) mass is 389 g/mol. The Morgan fingerprint density at radius 1 is 1.00 bits per heavy atom. The second-order valence-corrected chi connectivity index (χ2v) is 8.03. The predicted octanol–water partition coefficient (Wildman–Crippen LogP) is 5.93. The van der Waals surface area contributed by atoms with Crippen LogP contribution in [0.4, 0.5) is 10.2 Å². The first-order valence-corrected chi connectivity index (χ1v) is 9.63. The molecule has 2 aromatic heterocycles. The third-order valence-corrected chi connectivity index (χ3v) is 4.44. The first-order valence-electron chi connectivity index (χ1n) is 9.63. The van der Waals surface area contributed by atoms with E-state index in [0.29, 0.717) is 23.7 Å². The smallest absolute Gasteiger partial charge is 0.181 e. The summed E-state index contributed by atoms with van der Waals surface area (Å²) in [6, 6.07) is 20.3. The number of halogens is 1. The summed E-state index contributed by atoms with van der Waals surface area (Å²) in [6.45, 7) is 6.69. The van der Waals surface area contributed by atoms with Crippen LogP contribution in [-0.4, -0.2) is 14.9 Å².